The van der Waals surface area contributed by atoms with E-state index in [9.17, 15) is 0 Å². The molecule has 0 spiro atoms. The summed E-state index contributed by atoms with van der Waals surface area (Å²) in [5, 5.41) is 11.4. The highest BCUT2D eigenvalue weighted by molar-refractivity contribution is 5.80. The normalized spacial score (nSPS) is 15.0. The van der Waals surface area contributed by atoms with E-state index in [1.807, 2.05) is 72.7 Å². The van der Waals surface area contributed by atoms with E-state index in [0.717, 1.165) is 48.9 Å². The second-order valence-corrected chi connectivity index (χ2v) is 6.32. The van der Waals surface area contributed by atoms with E-state index >= 15 is 0 Å². The van der Waals surface area contributed by atoms with Gasteiger partial charge in [0.15, 0.2) is 0 Å². The molecular formula is C20H22N6. The zero-order valence-electron chi connectivity index (χ0n) is 14.9. The average molecular weight is 346 g/mol. The van der Waals surface area contributed by atoms with Crippen molar-refractivity contribution >= 4 is 12.0 Å². The van der Waals surface area contributed by atoms with E-state index in [-0.39, 0.29) is 0 Å². The van der Waals surface area contributed by atoms with Crippen LogP contribution in [-0.4, -0.2) is 52.2 Å². The van der Waals surface area contributed by atoms with Crippen molar-refractivity contribution in [3.63, 3.8) is 0 Å². The molecule has 3 heterocycles. The van der Waals surface area contributed by atoms with Gasteiger partial charge in [-0.05, 0) is 31.2 Å². The largest absolute Gasteiger partial charge is 0.353 e. The lowest BCUT2D eigenvalue weighted by molar-refractivity contribution is 0.271. The first kappa shape index (κ1) is 16.3. The highest BCUT2D eigenvalue weighted by Gasteiger charge is 2.16. The van der Waals surface area contributed by atoms with Crippen molar-refractivity contribution in [1.82, 2.24) is 19.8 Å². The Morgan fingerprint density at radius 2 is 1.73 bits per heavy atom. The lowest BCUT2D eigenvalue weighted by Gasteiger charge is -2.33. The third kappa shape index (κ3) is 3.59. The summed E-state index contributed by atoms with van der Waals surface area (Å²) in [6, 6.07) is 16.2. The molecule has 1 aromatic carbocycles. The smallest absolute Gasteiger partial charge is 0.128 e. The van der Waals surface area contributed by atoms with Gasteiger partial charge in [-0.25, -0.2) is 9.67 Å². The van der Waals surface area contributed by atoms with Crippen LogP contribution in [0.5, 0.6) is 0 Å². The molecule has 26 heavy (non-hydrogen) atoms. The Kier molecular flexibility index (Phi) is 4.64. The lowest BCUT2D eigenvalue weighted by Crippen LogP contribution is -2.44. The van der Waals surface area contributed by atoms with Gasteiger partial charge in [-0.15, -0.1) is 0 Å². The van der Waals surface area contributed by atoms with E-state index < -0.39 is 0 Å². The Balaban J connectivity index is 1.39. The van der Waals surface area contributed by atoms with Gasteiger partial charge in [0.25, 0.3) is 0 Å². The molecule has 2 aromatic heterocycles. The number of nitrogens with zero attached hydrogens (tertiary/aromatic N) is 6. The predicted octanol–water partition coefficient (Wildman–Crippen LogP) is 2.73. The van der Waals surface area contributed by atoms with Gasteiger partial charge >= 0.3 is 0 Å². The standard InChI is InChI=1S/C20H22N6/c1-17-18(16-26(23-17)19-7-3-2-4-8-19)15-22-25-13-11-24(12-14-25)20-9-5-6-10-21-20/h2-10,15-16H,11-14H2,1H3/b22-15-. The zero-order valence-corrected chi connectivity index (χ0v) is 14.9. The molecule has 6 nitrogen and oxygen atoms in total. The molecule has 4 rings (SSSR count). The topological polar surface area (TPSA) is 49.6 Å². The fraction of sp³-hybridized carbons (Fsp3) is 0.250. The summed E-state index contributed by atoms with van der Waals surface area (Å²) >= 11 is 0. The summed E-state index contributed by atoms with van der Waals surface area (Å²) in [6.07, 6.45) is 5.78. The first-order valence-corrected chi connectivity index (χ1v) is 8.86. The number of hydrazone groups is 1. The van der Waals surface area contributed by atoms with Crippen LogP contribution >= 0.6 is 0 Å². The molecule has 0 amide bonds. The average Bonchev–Trinajstić information content (AvgIpc) is 3.09. The molecule has 1 aliphatic heterocycles. The minimum absolute atomic E-state index is 0.888. The van der Waals surface area contributed by atoms with Gasteiger partial charge in [0, 0.05) is 31.0 Å². The number of hydrogen-bond acceptors (Lipinski definition) is 5. The molecule has 0 atom stereocenters. The summed E-state index contributed by atoms with van der Waals surface area (Å²) in [5.41, 5.74) is 3.07. The number of pyridine rings is 1. The first-order valence-electron chi connectivity index (χ1n) is 8.86. The van der Waals surface area contributed by atoms with Crippen molar-refractivity contribution in [2.45, 2.75) is 6.92 Å². The summed E-state index contributed by atoms with van der Waals surface area (Å²) in [6.45, 7) is 5.64. The quantitative estimate of drug-likeness (QED) is 0.682. The Bertz CT molecular complexity index is 864. The molecule has 0 radical (unpaired) electrons. The third-order valence-corrected chi connectivity index (χ3v) is 4.55. The summed E-state index contributed by atoms with van der Waals surface area (Å²) in [4.78, 5) is 6.72. The zero-order chi connectivity index (χ0) is 17.8. The number of para-hydroxylation sites is 1. The molecule has 1 aliphatic rings. The van der Waals surface area contributed by atoms with Crippen molar-refractivity contribution in [3.8, 4) is 5.69 Å². The van der Waals surface area contributed by atoms with Gasteiger partial charge in [-0.3, -0.25) is 5.01 Å². The number of hydrogen-bond donors (Lipinski definition) is 0. The maximum atomic E-state index is 4.66. The fourth-order valence-corrected chi connectivity index (χ4v) is 3.04. The molecule has 0 aliphatic carbocycles. The van der Waals surface area contributed by atoms with Crippen LogP contribution in [0.15, 0.2) is 66.0 Å². The van der Waals surface area contributed by atoms with Crippen LogP contribution < -0.4 is 4.90 Å². The Hall–Kier alpha value is -3.15. The van der Waals surface area contributed by atoms with E-state index in [4.69, 9.17) is 0 Å². The number of piperazine rings is 1. The number of rotatable bonds is 4. The molecule has 1 saturated heterocycles. The van der Waals surface area contributed by atoms with Crippen LogP contribution in [-0.2, 0) is 0 Å². The van der Waals surface area contributed by atoms with E-state index in [2.05, 4.69) is 31.2 Å². The second-order valence-electron chi connectivity index (χ2n) is 6.32. The number of anilines is 1. The Labute approximate surface area is 153 Å². The number of aryl methyl sites for hydroxylation is 1. The van der Waals surface area contributed by atoms with E-state index in [0.29, 0.717) is 0 Å². The fourth-order valence-electron chi connectivity index (χ4n) is 3.04. The molecule has 6 heteroatoms. The molecule has 3 aromatic rings. The molecule has 0 bridgehead atoms. The van der Waals surface area contributed by atoms with Gasteiger partial charge in [0.05, 0.1) is 30.7 Å². The Morgan fingerprint density at radius 3 is 2.46 bits per heavy atom. The minimum Gasteiger partial charge on any atom is -0.353 e. The summed E-state index contributed by atoms with van der Waals surface area (Å²) < 4.78 is 1.90. The maximum Gasteiger partial charge on any atom is 0.128 e. The van der Waals surface area contributed by atoms with Gasteiger partial charge in [0.2, 0.25) is 0 Å². The van der Waals surface area contributed by atoms with Crippen LogP contribution in [0.4, 0.5) is 5.82 Å². The highest BCUT2D eigenvalue weighted by Crippen LogP contribution is 2.13. The second kappa shape index (κ2) is 7.39. The van der Waals surface area contributed by atoms with Crippen LogP contribution in [0.2, 0.25) is 0 Å². The van der Waals surface area contributed by atoms with Crippen molar-refractivity contribution < 1.29 is 0 Å². The molecule has 0 unspecified atom stereocenters. The predicted molar refractivity (Wildman–Crippen MR) is 104 cm³/mol. The molecular weight excluding hydrogens is 324 g/mol. The minimum atomic E-state index is 0.888. The molecule has 0 saturated carbocycles. The molecule has 1 fully saturated rings. The van der Waals surface area contributed by atoms with Crippen LogP contribution in [0, 0.1) is 6.92 Å². The van der Waals surface area contributed by atoms with Crippen LogP contribution in [0.1, 0.15) is 11.3 Å². The van der Waals surface area contributed by atoms with E-state index in [1.54, 1.807) is 0 Å². The summed E-state index contributed by atoms with van der Waals surface area (Å²) in [5.74, 6) is 1.04. The molecule has 0 N–H and O–H groups in total. The van der Waals surface area contributed by atoms with Crippen LogP contribution in [0.25, 0.3) is 5.69 Å². The van der Waals surface area contributed by atoms with Gasteiger partial charge in [-0.1, -0.05) is 24.3 Å². The lowest BCUT2D eigenvalue weighted by atomic mass is 10.3. The summed E-state index contributed by atoms with van der Waals surface area (Å²) in [7, 11) is 0. The Morgan fingerprint density at radius 1 is 0.962 bits per heavy atom. The van der Waals surface area contributed by atoms with Crippen molar-refractivity contribution in [2.24, 2.45) is 5.10 Å². The highest BCUT2D eigenvalue weighted by atomic mass is 15.5. The van der Waals surface area contributed by atoms with Gasteiger partial charge in [0.1, 0.15) is 5.82 Å². The molecule has 132 valence electrons. The van der Waals surface area contributed by atoms with Crippen molar-refractivity contribution in [3.05, 3.63) is 72.2 Å². The van der Waals surface area contributed by atoms with Gasteiger partial charge in [-0.2, -0.15) is 10.2 Å². The van der Waals surface area contributed by atoms with E-state index in [1.165, 1.54) is 0 Å². The SMILES string of the molecule is Cc1nn(-c2ccccc2)cc1/C=N\N1CCN(c2ccccn2)CC1. The monoisotopic (exact) mass is 346 g/mol. The van der Waals surface area contributed by atoms with Crippen LogP contribution in [0.3, 0.4) is 0 Å². The van der Waals surface area contributed by atoms with Gasteiger partial charge < -0.3 is 4.90 Å². The number of aromatic nitrogens is 3. The first-order chi connectivity index (χ1) is 12.8. The third-order valence-electron chi connectivity index (χ3n) is 4.55. The van der Waals surface area contributed by atoms with Crippen molar-refractivity contribution in [1.29, 1.82) is 0 Å². The number of benzene rings is 1. The van der Waals surface area contributed by atoms with Crippen molar-refractivity contribution in [2.75, 3.05) is 31.1 Å². The maximum absolute atomic E-state index is 4.66.